The number of carbonyl (C=O) groups excluding carboxylic acids is 1. The van der Waals surface area contributed by atoms with Gasteiger partial charge in [0.15, 0.2) is 5.78 Å². The smallest absolute Gasteiger partial charge is 0.169 e. The van der Waals surface area contributed by atoms with E-state index >= 15 is 0 Å². The molecule has 0 atom stereocenters. The third-order valence-electron chi connectivity index (χ3n) is 3.72. The summed E-state index contributed by atoms with van der Waals surface area (Å²) < 4.78 is 1.84. The molecule has 0 bridgehead atoms. The summed E-state index contributed by atoms with van der Waals surface area (Å²) >= 11 is 6.38. The van der Waals surface area contributed by atoms with E-state index in [4.69, 9.17) is 11.6 Å². The summed E-state index contributed by atoms with van der Waals surface area (Å²) in [4.78, 5) is 12.6. The van der Waals surface area contributed by atoms with Crippen LogP contribution in [0.1, 0.15) is 48.1 Å². The van der Waals surface area contributed by atoms with Gasteiger partial charge in [-0.05, 0) is 25.3 Å². The fourth-order valence-electron chi connectivity index (χ4n) is 2.53. The Morgan fingerprint density at radius 1 is 1.19 bits per heavy atom. The van der Waals surface area contributed by atoms with Crippen LogP contribution in [-0.2, 0) is 25.8 Å². The Hall–Kier alpha value is -1.61. The van der Waals surface area contributed by atoms with Crippen LogP contribution in [0.25, 0.3) is 0 Å². The summed E-state index contributed by atoms with van der Waals surface area (Å²) in [7, 11) is 0. The molecule has 0 aliphatic rings. The highest BCUT2D eigenvalue weighted by Gasteiger charge is 2.19. The molecule has 0 unspecified atom stereocenters. The van der Waals surface area contributed by atoms with Crippen LogP contribution in [0.5, 0.6) is 0 Å². The van der Waals surface area contributed by atoms with Gasteiger partial charge in [-0.2, -0.15) is 5.10 Å². The van der Waals surface area contributed by atoms with Crippen molar-refractivity contribution < 1.29 is 4.79 Å². The molecular formula is C17H21ClN2O. The van der Waals surface area contributed by atoms with Crippen LogP contribution in [0.2, 0.25) is 5.02 Å². The highest BCUT2D eigenvalue weighted by molar-refractivity contribution is 6.32. The molecule has 0 fully saturated rings. The zero-order valence-electron chi connectivity index (χ0n) is 12.8. The number of rotatable bonds is 6. The zero-order chi connectivity index (χ0) is 15.4. The number of halogens is 1. The number of ketones is 1. The van der Waals surface area contributed by atoms with Gasteiger partial charge < -0.3 is 0 Å². The third kappa shape index (κ3) is 3.18. The Balaban J connectivity index is 2.33. The predicted molar refractivity (Wildman–Crippen MR) is 86.1 cm³/mol. The van der Waals surface area contributed by atoms with Gasteiger partial charge in [-0.1, -0.05) is 49.7 Å². The number of aryl methyl sites for hydroxylation is 3. The maximum atomic E-state index is 12.6. The second kappa shape index (κ2) is 6.90. The first-order valence-electron chi connectivity index (χ1n) is 7.47. The Morgan fingerprint density at radius 2 is 1.90 bits per heavy atom. The van der Waals surface area contributed by atoms with Gasteiger partial charge in [0.1, 0.15) is 0 Å². The van der Waals surface area contributed by atoms with Gasteiger partial charge >= 0.3 is 0 Å². The van der Waals surface area contributed by atoms with Crippen LogP contribution in [-0.4, -0.2) is 15.6 Å². The maximum absolute atomic E-state index is 12.6. The van der Waals surface area contributed by atoms with Crippen molar-refractivity contribution in [2.75, 3.05) is 0 Å². The lowest BCUT2D eigenvalue weighted by Crippen LogP contribution is -2.11. The summed E-state index contributed by atoms with van der Waals surface area (Å²) in [5, 5.41) is 5.11. The van der Waals surface area contributed by atoms with Gasteiger partial charge in [0, 0.05) is 12.1 Å². The zero-order valence-corrected chi connectivity index (χ0v) is 13.6. The first kappa shape index (κ1) is 15.8. The van der Waals surface area contributed by atoms with E-state index in [1.807, 2.05) is 42.8 Å². The molecule has 0 amide bonds. The minimum Gasteiger partial charge on any atom is -0.294 e. The fourth-order valence-corrected chi connectivity index (χ4v) is 2.87. The van der Waals surface area contributed by atoms with E-state index in [0.717, 1.165) is 41.9 Å². The van der Waals surface area contributed by atoms with Gasteiger partial charge in [0.05, 0.1) is 22.8 Å². The van der Waals surface area contributed by atoms with Gasteiger partial charge in [-0.25, -0.2) is 0 Å². The molecule has 0 spiro atoms. The van der Waals surface area contributed by atoms with Crippen LogP contribution >= 0.6 is 11.6 Å². The van der Waals surface area contributed by atoms with Crippen molar-refractivity contribution in [1.82, 2.24) is 9.78 Å². The average molecular weight is 305 g/mol. The van der Waals surface area contributed by atoms with Crippen LogP contribution in [0.15, 0.2) is 24.3 Å². The molecule has 21 heavy (non-hydrogen) atoms. The highest BCUT2D eigenvalue weighted by Crippen LogP contribution is 2.24. The van der Waals surface area contributed by atoms with Gasteiger partial charge in [0.25, 0.3) is 0 Å². The van der Waals surface area contributed by atoms with Crippen LogP contribution in [0, 0.1) is 0 Å². The van der Waals surface area contributed by atoms with Crippen LogP contribution in [0.3, 0.4) is 0 Å². The number of carbonyl (C=O) groups is 1. The summed E-state index contributed by atoms with van der Waals surface area (Å²) in [5.41, 5.74) is 3.56. The van der Waals surface area contributed by atoms with Crippen molar-refractivity contribution in [2.24, 2.45) is 0 Å². The van der Waals surface area contributed by atoms with Crippen LogP contribution in [0.4, 0.5) is 0 Å². The third-order valence-corrected chi connectivity index (χ3v) is 4.16. The average Bonchev–Trinajstić information content (AvgIpc) is 2.83. The van der Waals surface area contributed by atoms with Crippen LogP contribution < -0.4 is 0 Å². The fraction of sp³-hybridized carbons (Fsp3) is 0.412. The first-order chi connectivity index (χ1) is 10.1. The van der Waals surface area contributed by atoms with E-state index in [1.54, 1.807) is 0 Å². The first-order valence-corrected chi connectivity index (χ1v) is 7.85. The summed E-state index contributed by atoms with van der Waals surface area (Å²) in [6, 6.07) is 7.77. The van der Waals surface area contributed by atoms with Crippen molar-refractivity contribution >= 4 is 17.4 Å². The molecule has 4 heteroatoms. The number of hydrogen-bond donors (Lipinski definition) is 0. The summed E-state index contributed by atoms with van der Waals surface area (Å²) in [6.07, 6.45) is 1.93. The SMILES string of the molecule is CCc1ccccc1C(=O)Cc1c(Cl)c(CC)nn1CC. The number of nitrogens with zero attached hydrogens (tertiary/aromatic N) is 2. The summed E-state index contributed by atoms with van der Waals surface area (Å²) in [5.74, 6) is 0.103. The van der Waals surface area contributed by atoms with E-state index < -0.39 is 0 Å². The lowest BCUT2D eigenvalue weighted by Gasteiger charge is -2.08. The quantitative estimate of drug-likeness (QED) is 0.753. The lowest BCUT2D eigenvalue weighted by atomic mass is 9.99. The van der Waals surface area contributed by atoms with E-state index in [-0.39, 0.29) is 5.78 Å². The van der Waals surface area contributed by atoms with E-state index in [1.165, 1.54) is 0 Å². The normalized spacial score (nSPS) is 10.9. The molecule has 2 rings (SSSR count). The van der Waals surface area contributed by atoms with Crippen molar-refractivity contribution in [2.45, 2.75) is 46.6 Å². The van der Waals surface area contributed by atoms with Crippen molar-refractivity contribution in [1.29, 1.82) is 0 Å². The molecule has 0 radical (unpaired) electrons. The Kier molecular flexibility index (Phi) is 5.18. The molecule has 0 N–H and O–H groups in total. The largest absolute Gasteiger partial charge is 0.294 e. The van der Waals surface area contributed by atoms with Gasteiger partial charge in [-0.3, -0.25) is 9.48 Å². The minimum atomic E-state index is 0.103. The van der Waals surface area contributed by atoms with E-state index in [2.05, 4.69) is 12.0 Å². The van der Waals surface area contributed by atoms with Crippen molar-refractivity contribution in [3.63, 3.8) is 0 Å². The van der Waals surface area contributed by atoms with Crippen molar-refractivity contribution in [3.8, 4) is 0 Å². The molecule has 0 aliphatic heterocycles. The lowest BCUT2D eigenvalue weighted by molar-refractivity contribution is 0.0989. The number of aromatic nitrogens is 2. The molecule has 0 aliphatic carbocycles. The Bertz CT molecular complexity index is 646. The molecule has 1 heterocycles. The van der Waals surface area contributed by atoms with Crippen molar-refractivity contribution in [3.05, 3.63) is 51.8 Å². The van der Waals surface area contributed by atoms with Gasteiger partial charge in [0.2, 0.25) is 0 Å². The number of benzene rings is 1. The molecule has 1 aromatic heterocycles. The molecular weight excluding hydrogens is 284 g/mol. The number of Topliss-reactive ketones (excluding diaryl/α,β-unsaturated/α-hetero) is 1. The second-order valence-electron chi connectivity index (χ2n) is 4.99. The van der Waals surface area contributed by atoms with E-state index in [9.17, 15) is 4.79 Å². The second-order valence-corrected chi connectivity index (χ2v) is 5.37. The molecule has 2 aromatic rings. The Labute approximate surface area is 130 Å². The topological polar surface area (TPSA) is 34.9 Å². The highest BCUT2D eigenvalue weighted by atomic mass is 35.5. The minimum absolute atomic E-state index is 0.103. The maximum Gasteiger partial charge on any atom is 0.169 e. The summed E-state index contributed by atoms with van der Waals surface area (Å²) in [6.45, 7) is 6.81. The van der Waals surface area contributed by atoms with Gasteiger partial charge in [-0.15, -0.1) is 0 Å². The molecule has 112 valence electrons. The number of hydrogen-bond acceptors (Lipinski definition) is 2. The predicted octanol–water partition coefficient (Wildman–Crippen LogP) is 4.11. The molecule has 0 saturated carbocycles. The molecule has 3 nitrogen and oxygen atoms in total. The Morgan fingerprint density at radius 3 is 2.52 bits per heavy atom. The molecule has 0 saturated heterocycles. The van der Waals surface area contributed by atoms with E-state index in [0.29, 0.717) is 11.4 Å². The monoisotopic (exact) mass is 304 g/mol. The molecule has 1 aromatic carbocycles. The standard InChI is InChI=1S/C17H21ClN2O/c1-4-12-9-7-8-10-13(12)16(21)11-15-17(18)14(5-2)19-20(15)6-3/h7-10H,4-6,11H2,1-3H3.